The Bertz CT molecular complexity index is 525. The van der Waals surface area contributed by atoms with Crippen LogP contribution in [0.2, 0.25) is 0 Å². The molecular formula is C11H12Br2N4. The highest BCUT2D eigenvalue weighted by atomic mass is 79.9. The van der Waals surface area contributed by atoms with Crippen molar-refractivity contribution in [2.24, 2.45) is 5.73 Å². The topological polar surface area (TPSA) is 56.7 Å². The van der Waals surface area contributed by atoms with Crippen molar-refractivity contribution in [2.45, 2.75) is 19.9 Å². The Balaban J connectivity index is 2.52. The Morgan fingerprint density at radius 1 is 1.29 bits per heavy atom. The second-order valence-electron chi connectivity index (χ2n) is 3.95. The Morgan fingerprint density at radius 3 is 2.35 bits per heavy atom. The van der Waals surface area contributed by atoms with E-state index < -0.39 is 0 Å². The maximum Gasteiger partial charge on any atom is 0.0995 e. The summed E-state index contributed by atoms with van der Waals surface area (Å²) in [7, 11) is 0. The van der Waals surface area contributed by atoms with E-state index in [0.29, 0.717) is 0 Å². The second-order valence-corrected chi connectivity index (χ2v) is 5.66. The normalized spacial score (nSPS) is 12.8. The molecule has 0 amide bonds. The lowest BCUT2D eigenvalue weighted by molar-refractivity contribution is 0.755. The molecule has 2 rings (SSSR count). The second kappa shape index (κ2) is 4.88. The molecule has 1 aromatic carbocycles. The largest absolute Gasteiger partial charge is 0.323 e. The highest BCUT2D eigenvalue weighted by Crippen LogP contribution is 2.30. The SMILES string of the molecule is Cc1cc(Br)c(-n2cc(C(C)N)nn2)c(Br)c1. The lowest BCUT2D eigenvalue weighted by atomic mass is 10.2. The van der Waals surface area contributed by atoms with Crippen LogP contribution in [-0.4, -0.2) is 15.0 Å². The quantitative estimate of drug-likeness (QED) is 0.896. The molecule has 0 bridgehead atoms. The molecule has 1 heterocycles. The predicted octanol–water partition coefficient (Wildman–Crippen LogP) is 3.12. The minimum atomic E-state index is -0.119. The van der Waals surface area contributed by atoms with Gasteiger partial charge in [-0.05, 0) is 63.4 Å². The van der Waals surface area contributed by atoms with Crippen LogP contribution in [0.25, 0.3) is 5.69 Å². The van der Waals surface area contributed by atoms with Crippen molar-refractivity contribution in [1.82, 2.24) is 15.0 Å². The third-order valence-corrected chi connectivity index (χ3v) is 3.58. The van der Waals surface area contributed by atoms with Gasteiger partial charge in [-0.1, -0.05) is 5.21 Å². The van der Waals surface area contributed by atoms with Crippen LogP contribution < -0.4 is 5.73 Å². The molecule has 17 heavy (non-hydrogen) atoms. The molecule has 90 valence electrons. The first-order chi connectivity index (χ1) is 7.99. The number of nitrogens with zero attached hydrogens (tertiary/aromatic N) is 3. The molecule has 0 aliphatic heterocycles. The number of hydrogen-bond donors (Lipinski definition) is 1. The van der Waals surface area contributed by atoms with Crippen LogP contribution in [0.5, 0.6) is 0 Å². The predicted molar refractivity (Wildman–Crippen MR) is 74.1 cm³/mol. The van der Waals surface area contributed by atoms with E-state index in [1.165, 1.54) is 5.56 Å². The Morgan fingerprint density at radius 2 is 1.88 bits per heavy atom. The zero-order valence-corrected chi connectivity index (χ0v) is 12.7. The number of halogens is 2. The molecule has 0 saturated carbocycles. The van der Waals surface area contributed by atoms with Gasteiger partial charge >= 0.3 is 0 Å². The molecule has 6 heteroatoms. The molecule has 0 spiro atoms. The van der Waals surface area contributed by atoms with Crippen LogP contribution in [0.4, 0.5) is 0 Å². The standard InChI is InChI=1S/C11H12Br2N4/c1-6-3-8(12)11(9(13)4-6)17-5-10(7(2)14)15-16-17/h3-5,7H,14H2,1-2H3. The molecule has 0 aliphatic carbocycles. The van der Waals surface area contributed by atoms with E-state index in [1.807, 2.05) is 32.2 Å². The summed E-state index contributed by atoms with van der Waals surface area (Å²) in [6, 6.07) is 3.95. The van der Waals surface area contributed by atoms with Crippen LogP contribution >= 0.6 is 31.9 Å². The summed E-state index contributed by atoms with van der Waals surface area (Å²) in [5.74, 6) is 0. The molecule has 2 aromatic rings. The number of hydrogen-bond acceptors (Lipinski definition) is 3. The molecule has 0 fully saturated rings. The van der Waals surface area contributed by atoms with E-state index in [2.05, 4.69) is 42.2 Å². The molecule has 0 radical (unpaired) electrons. The molecule has 4 nitrogen and oxygen atoms in total. The van der Waals surface area contributed by atoms with Crippen LogP contribution in [0, 0.1) is 6.92 Å². The number of nitrogens with two attached hydrogens (primary N) is 1. The summed E-state index contributed by atoms with van der Waals surface area (Å²) < 4.78 is 3.64. The Labute approximate surface area is 116 Å². The summed E-state index contributed by atoms with van der Waals surface area (Å²) in [5, 5.41) is 8.13. The smallest absolute Gasteiger partial charge is 0.0995 e. The van der Waals surface area contributed by atoms with E-state index in [-0.39, 0.29) is 6.04 Å². The lowest BCUT2D eigenvalue weighted by Crippen LogP contribution is -2.05. The lowest BCUT2D eigenvalue weighted by Gasteiger charge is -2.07. The zero-order valence-electron chi connectivity index (χ0n) is 9.48. The number of aryl methyl sites for hydroxylation is 1. The first-order valence-corrected chi connectivity index (χ1v) is 6.71. The van der Waals surface area contributed by atoms with Crippen molar-refractivity contribution in [3.8, 4) is 5.69 Å². The van der Waals surface area contributed by atoms with Crippen LogP contribution in [0.1, 0.15) is 24.2 Å². The number of aromatic nitrogens is 3. The van der Waals surface area contributed by atoms with E-state index in [9.17, 15) is 0 Å². The van der Waals surface area contributed by atoms with Crippen molar-refractivity contribution in [3.63, 3.8) is 0 Å². The summed E-state index contributed by atoms with van der Waals surface area (Å²) in [6.07, 6.45) is 1.84. The monoisotopic (exact) mass is 358 g/mol. The number of rotatable bonds is 2. The van der Waals surface area contributed by atoms with Gasteiger partial charge in [0.25, 0.3) is 0 Å². The molecule has 2 N–H and O–H groups in total. The van der Waals surface area contributed by atoms with Crippen molar-refractivity contribution < 1.29 is 0 Å². The fourth-order valence-electron chi connectivity index (χ4n) is 1.51. The van der Waals surface area contributed by atoms with Crippen LogP contribution in [0.3, 0.4) is 0 Å². The van der Waals surface area contributed by atoms with Gasteiger partial charge in [0.15, 0.2) is 0 Å². The van der Waals surface area contributed by atoms with Gasteiger partial charge in [-0.2, -0.15) is 0 Å². The van der Waals surface area contributed by atoms with E-state index in [1.54, 1.807) is 4.68 Å². The maximum absolute atomic E-state index is 5.77. The minimum absolute atomic E-state index is 0.119. The van der Waals surface area contributed by atoms with Crippen LogP contribution in [0.15, 0.2) is 27.3 Å². The summed E-state index contributed by atoms with van der Waals surface area (Å²) in [5.41, 5.74) is 8.63. The minimum Gasteiger partial charge on any atom is -0.323 e. The first-order valence-electron chi connectivity index (χ1n) is 5.13. The third kappa shape index (κ3) is 2.59. The third-order valence-electron chi connectivity index (χ3n) is 2.37. The van der Waals surface area contributed by atoms with Gasteiger partial charge in [0.2, 0.25) is 0 Å². The number of benzene rings is 1. The van der Waals surface area contributed by atoms with Gasteiger partial charge in [0, 0.05) is 15.0 Å². The molecule has 1 atom stereocenters. The summed E-state index contributed by atoms with van der Waals surface area (Å²) >= 11 is 7.06. The van der Waals surface area contributed by atoms with Crippen molar-refractivity contribution in [1.29, 1.82) is 0 Å². The highest BCUT2D eigenvalue weighted by Gasteiger charge is 2.12. The van der Waals surface area contributed by atoms with E-state index in [0.717, 1.165) is 20.3 Å². The van der Waals surface area contributed by atoms with Gasteiger partial charge in [-0.25, -0.2) is 4.68 Å². The van der Waals surface area contributed by atoms with Gasteiger partial charge < -0.3 is 5.73 Å². The fraction of sp³-hybridized carbons (Fsp3) is 0.273. The maximum atomic E-state index is 5.77. The van der Waals surface area contributed by atoms with Gasteiger partial charge in [-0.15, -0.1) is 5.10 Å². The Hall–Kier alpha value is -0.720. The summed E-state index contributed by atoms with van der Waals surface area (Å²) in [4.78, 5) is 0. The first kappa shape index (κ1) is 12.7. The zero-order chi connectivity index (χ0) is 12.6. The van der Waals surface area contributed by atoms with Crippen molar-refractivity contribution >= 4 is 31.9 Å². The molecule has 1 unspecified atom stereocenters. The van der Waals surface area contributed by atoms with Gasteiger partial charge in [0.05, 0.1) is 17.6 Å². The molecule has 0 saturated heterocycles. The van der Waals surface area contributed by atoms with Gasteiger partial charge in [0.1, 0.15) is 0 Å². The highest BCUT2D eigenvalue weighted by molar-refractivity contribution is 9.11. The average molecular weight is 360 g/mol. The Kier molecular flexibility index (Phi) is 3.65. The van der Waals surface area contributed by atoms with E-state index >= 15 is 0 Å². The van der Waals surface area contributed by atoms with Crippen molar-refractivity contribution in [3.05, 3.63) is 38.5 Å². The van der Waals surface area contributed by atoms with Gasteiger partial charge in [-0.3, -0.25) is 0 Å². The van der Waals surface area contributed by atoms with Crippen LogP contribution in [-0.2, 0) is 0 Å². The molecule has 1 aromatic heterocycles. The molecule has 0 aliphatic rings. The molecular weight excluding hydrogens is 348 g/mol. The van der Waals surface area contributed by atoms with Crippen molar-refractivity contribution in [2.75, 3.05) is 0 Å². The van der Waals surface area contributed by atoms with E-state index in [4.69, 9.17) is 5.73 Å². The average Bonchev–Trinajstić information content (AvgIpc) is 2.65. The fourth-order valence-corrected chi connectivity index (χ4v) is 3.28. The summed E-state index contributed by atoms with van der Waals surface area (Å²) in [6.45, 7) is 3.92.